The number of ether oxygens (including phenoxy) is 1. The summed E-state index contributed by atoms with van der Waals surface area (Å²) in [4.78, 5) is 16.2. The van der Waals surface area contributed by atoms with Crippen molar-refractivity contribution in [2.45, 2.75) is 13.5 Å². The Balaban J connectivity index is 1.55. The summed E-state index contributed by atoms with van der Waals surface area (Å²) >= 11 is 0. The number of methoxy groups -OCH3 is 1. The molecule has 132 valence electrons. The second kappa shape index (κ2) is 8.11. The van der Waals surface area contributed by atoms with Crippen LogP contribution < -0.4 is 10.1 Å². The van der Waals surface area contributed by atoms with Gasteiger partial charge in [0.15, 0.2) is 0 Å². The Labute approximate surface area is 151 Å². The van der Waals surface area contributed by atoms with Crippen molar-refractivity contribution in [3.05, 3.63) is 71.6 Å². The highest BCUT2D eigenvalue weighted by molar-refractivity contribution is 5.91. The molecule has 6 heteroatoms. The third-order valence-electron chi connectivity index (χ3n) is 3.73. The fourth-order valence-corrected chi connectivity index (χ4v) is 2.26. The molecule has 6 nitrogen and oxygen atoms in total. The van der Waals surface area contributed by atoms with Gasteiger partial charge in [0, 0.05) is 11.6 Å². The number of nitrogens with zero attached hydrogens (tertiary/aromatic N) is 2. The minimum absolute atomic E-state index is 0.167. The first-order valence-corrected chi connectivity index (χ1v) is 8.13. The Bertz CT molecular complexity index is 897. The number of carbonyl (C=O) groups is 1. The van der Waals surface area contributed by atoms with Crippen LogP contribution in [0.25, 0.3) is 17.5 Å². The first-order chi connectivity index (χ1) is 12.6. The van der Waals surface area contributed by atoms with E-state index in [0.29, 0.717) is 11.7 Å². The van der Waals surface area contributed by atoms with Crippen LogP contribution in [0, 0.1) is 6.92 Å². The average molecular weight is 349 g/mol. The largest absolute Gasteiger partial charge is 0.497 e. The lowest BCUT2D eigenvalue weighted by Crippen LogP contribution is -2.20. The molecule has 26 heavy (non-hydrogen) atoms. The van der Waals surface area contributed by atoms with Crippen molar-refractivity contribution in [2.75, 3.05) is 7.11 Å². The Hall–Kier alpha value is -3.41. The number of rotatable bonds is 6. The van der Waals surface area contributed by atoms with Gasteiger partial charge in [0.25, 0.3) is 0 Å². The fourth-order valence-electron chi connectivity index (χ4n) is 2.26. The highest BCUT2D eigenvalue weighted by atomic mass is 16.5. The SMILES string of the molecule is COc1ccc(-c2noc(CNC(=O)C=Cc3ccc(C)cc3)n2)cc1. The number of amides is 1. The summed E-state index contributed by atoms with van der Waals surface area (Å²) in [6.07, 6.45) is 3.23. The van der Waals surface area contributed by atoms with E-state index >= 15 is 0 Å². The lowest BCUT2D eigenvalue weighted by atomic mass is 10.1. The van der Waals surface area contributed by atoms with Gasteiger partial charge in [0.2, 0.25) is 17.6 Å². The Morgan fingerprint density at radius 1 is 1.15 bits per heavy atom. The van der Waals surface area contributed by atoms with Crippen molar-refractivity contribution in [2.24, 2.45) is 0 Å². The summed E-state index contributed by atoms with van der Waals surface area (Å²) in [7, 11) is 1.61. The molecule has 0 unspecified atom stereocenters. The minimum atomic E-state index is -0.227. The zero-order chi connectivity index (χ0) is 18.4. The van der Waals surface area contributed by atoms with Gasteiger partial charge in [-0.1, -0.05) is 35.0 Å². The summed E-state index contributed by atoms with van der Waals surface area (Å²) in [5.41, 5.74) is 2.95. The van der Waals surface area contributed by atoms with E-state index in [-0.39, 0.29) is 12.5 Å². The normalized spacial score (nSPS) is 10.8. The number of aromatic nitrogens is 2. The van der Waals surface area contributed by atoms with Gasteiger partial charge >= 0.3 is 0 Å². The summed E-state index contributed by atoms with van der Waals surface area (Å²) in [5.74, 6) is 1.33. The molecule has 0 spiro atoms. The van der Waals surface area contributed by atoms with E-state index in [2.05, 4.69) is 15.5 Å². The summed E-state index contributed by atoms with van der Waals surface area (Å²) < 4.78 is 10.3. The van der Waals surface area contributed by atoms with E-state index in [0.717, 1.165) is 16.9 Å². The number of benzene rings is 2. The van der Waals surface area contributed by atoms with Crippen LogP contribution in [-0.4, -0.2) is 23.2 Å². The van der Waals surface area contributed by atoms with Crippen molar-refractivity contribution in [1.82, 2.24) is 15.5 Å². The molecule has 1 heterocycles. The van der Waals surface area contributed by atoms with Gasteiger partial charge in [-0.3, -0.25) is 4.79 Å². The van der Waals surface area contributed by atoms with E-state index in [1.54, 1.807) is 13.2 Å². The molecule has 2 aromatic carbocycles. The maximum absolute atomic E-state index is 11.9. The van der Waals surface area contributed by atoms with Crippen LogP contribution in [0.15, 0.2) is 59.1 Å². The predicted molar refractivity (Wildman–Crippen MR) is 98.3 cm³/mol. The van der Waals surface area contributed by atoms with Gasteiger partial charge in [-0.2, -0.15) is 4.98 Å². The second-order valence-corrected chi connectivity index (χ2v) is 5.70. The summed E-state index contributed by atoms with van der Waals surface area (Å²) in [5, 5.41) is 6.65. The number of aryl methyl sites for hydroxylation is 1. The van der Waals surface area contributed by atoms with Crippen molar-refractivity contribution < 1.29 is 14.1 Å². The van der Waals surface area contributed by atoms with E-state index in [1.807, 2.05) is 55.5 Å². The molecule has 1 aromatic heterocycles. The first kappa shape index (κ1) is 17.4. The molecule has 0 atom stereocenters. The van der Waals surface area contributed by atoms with Gasteiger partial charge in [0.1, 0.15) is 5.75 Å². The third kappa shape index (κ3) is 4.57. The Morgan fingerprint density at radius 2 is 1.88 bits per heavy atom. The van der Waals surface area contributed by atoms with E-state index < -0.39 is 0 Å². The minimum Gasteiger partial charge on any atom is -0.497 e. The van der Waals surface area contributed by atoms with Crippen molar-refractivity contribution in [3.8, 4) is 17.1 Å². The number of hydrogen-bond acceptors (Lipinski definition) is 5. The first-order valence-electron chi connectivity index (χ1n) is 8.13. The number of carbonyl (C=O) groups excluding carboxylic acids is 1. The standard InChI is InChI=1S/C20H19N3O3/c1-14-3-5-15(6-4-14)7-12-18(24)21-13-19-22-20(23-26-19)16-8-10-17(25-2)11-9-16/h3-12H,13H2,1-2H3,(H,21,24). The molecule has 0 aliphatic rings. The quantitative estimate of drug-likeness (QED) is 0.690. The molecule has 0 aliphatic carbocycles. The number of nitrogens with one attached hydrogen (secondary N) is 1. The molecule has 0 radical (unpaired) electrons. The molecular formula is C20H19N3O3. The van der Waals surface area contributed by atoms with Gasteiger partial charge in [-0.05, 0) is 42.8 Å². The highest BCUT2D eigenvalue weighted by Gasteiger charge is 2.09. The molecule has 1 N–H and O–H groups in total. The maximum atomic E-state index is 11.9. The molecule has 0 saturated heterocycles. The lowest BCUT2D eigenvalue weighted by Gasteiger charge is -1.99. The van der Waals surface area contributed by atoms with Crippen LogP contribution in [0.2, 0.25) is 0 Å². The average Bonchev–Trinajstić information content (AvgIpc) is 3.15. The van der Waals surface area contributed by atoms with Gasteiger partial charge in [-0.25, -0.2) is 0 Å². The molecule has 0 saturated carbocycles. The monoisotopic (exact) mass is 349 g/mol. The van der Waals surface area contributed by atoms with E-state index in [4.69, 9.17) is 9.26 Å². The van der Waals surface area contributed by atoms with Gasteiger partial charge in [0.05, 0.1) is 13.7 Å². The molecular weight excluding hydrogens is 330 g/mol. The fraction of sp³-hybridized carbons (Fsp3) is 0.150. The molecule has 3 aromatic rings. The van der Waals surface area contributed by atoms with Crippen LogP contribution in [0.1, 0.15) is 17.0 Å². The summed E-state index contributed by atoms with van der Waals surface area (Å²) in [6.45, 7) is 2.19. The number of hydrogen-bond donors (Lipinski definition) is 1. The lowest BCUT2D eigenvalue weighted by molar-refractivity contribution is -0.116. The van der Waals surface area contributed by atoms with E-state index in [9.17, 15) is 4.79 Å². The van der Waals surface area contributed by atoms with Crippen LogP contribution in [0.4, 0.5) is 0 Å². The zero-order valence-electron chi connectivity index (χ0n) is 14.6. The zero-order valence-corrected chi connectivity index (χ0v) is 14.6. The van der Waals surface area contributed by atoms with E-state index in [1.165, 1.54) is 11.6 Å². The van der Waals surface area contributed by atoms with Crippen LogP contribution >= 0.6 is 0 Å². The molecule has 0 aliphatic heterocycles. The molecule has 3 rings (SSSR count). The van der Waals surface area contributed by atoms with Crippen molar-refractivity contribution >= 4 is 12.0 Å². The predicted octanol–water partition coefficient (Wildman–Crippen LogP) is 3.38. The van der Waals surface area contributed by atoms with Crippen molar-refractivity contribution in [3.63, 3.8) is 0 Å². The van der Waals surface area contributed by atoms with Gasteiger partial charge < -0.3 is 14.6 Å². The Kier molecular flexibility index (Phi) is 5.43. The third-order valence-corrected chi connectivity index (χ3v) is 3.73. The Morgan fingerprint density at radius 3 is 2.58 bits per heavy atom. The molecule has 0 bridgehead atoms. The molecule has 0 fully saturated rings. The second-order valence-electron chi connectivity index (χ2n) is 5.70. The smallest absolute Gasteiger partial charge is 0.246 e. The highest BCUT2D eigenvalue weighted by Crippen LogP contribution is 2.19. The van der Waals surface area contributed by atoms with Crippen molar-refractivity contribution in [1.29, 1.82) is 0 Å². The summed E-state index contributed by atoms with van der Waals surface area (Å²) in [6, 6.07) is 15.2. The molecule has 1 amide bonds. The van der Waals surface area contributed by atoms with Crippen LogP contribution in [0.5, 0.6) is 5.75 Å². The van der Waals surface area contributed by atoms with Crippen LogP contribution in [-0.2, 0) is 11.3 Å². The topological polar surface area (TPSA) is 77.3 Å². The van der Waals surface area contributed by atoms with Crippen LogP contribution in [0.3, 0.4) is 0 Å². The maximum Gasteiger partial charge on any atom is 0.246 e. The van der Waals surface area contributed by atoms with Gasteiger partial charge in [-0.15, -0.1) is 0 Å².